The SMILES string of the molecule is COc1ccc2cc(C(C)(C)C(=O)O)ccc2n1. The molecule has 1 aromatic carbocycles. The van der Waals surface area contributed by atoms with Crippen LogP contribution in [0.25, 0.3) is 10.9 Å². The number of ether oxygens (including phenoxy) is 1. The number of carboxylic acids is 1. The highest BCUT2D eigenvalue weighted by atomic mass is 16.5. The Bertz CT molecular complexity index is 605. The highest BCUT2D eigenvalue weighted by molar-refractivity contribution is 5.85. The van der Waals surface area contributed by atoms with Crippen molar-refractivity contribution >= 4 is 16.9 Å². The number of rotatable bonds is 3. The summed E-state index contributed by atoms with van der Waals surface area (Å²) in [6.07, 6.45) is 0. The maximum Gasteiger partial charge on any atom is 0.313 e. The number of carboxylic acid groups (broad SMARTS) is 1. The van der Waals surface area contributed by atoms with Crippen molar-refractivity contribution in [1.82, 2.24) is 4.98 Å². The quantitative estimate of drug-likeness (QED) is 0.903. The zero-order valence-corrected chi connectivity index (χ0v) is 10.6. The van der Waals surface area contributed by atoms with Gasteiger partial charge in [0.1, 0.15) is 0 Å². The van der Waals surface area contributed by atoms with Gasteiger partial charge in [0.2, 0.25) is 5.88 Å². The molecule has 0 aliphatic carbocycles. The van der Waals surface area contributed by atoms with Crippen LogP contribution in [0, 0.1) is 0 Å². The van der Waals surface area contributed by atoms with Gasteiger partial charge in [-0.1, -0.05) is 6.07 Å². The molecule has 0 unspecified atom stereocenters. The van der Waals surface area contributed by atoms with E-state index in [1.165, 1.54) is 0 Å². The van der Waals surface area contributed by atoms with E-state index in [1.807, 2.05) is 18.2 Å². The first-order chi connectivity index (χ1) is 8.45. The second-order valence-electron chi connectivity index (χ2n) is 4.69. The van der Waals surface area contributed by atoms with Crippen LogP contribution < -0.4 is 4.74 Å². The van der Waals surface area contributed by atoms with E-state index in [-0.39, 0.29) is 0 Å². The highest BCUT2D eigenvalue weighted by Crippen LogP contribution is 2.27. The van der Waals surface area contributed by atoms with Crippen LogP contribution in [0.2, 0.25) is 0 Å². The van der Waals surface area contributed by atoms with E-state index in [4.69, 9.17) is 4.74 Å². The third kappa shape index (κ3) is 2.01. The van der Waals surface area contributed by atoms with Crippen LogP contribution >= 0.6 is 0 Å². The van der Waals surface area contributed by atoms with Crippen molar-refractivity contribution < 1.29 is 14.6 Å². The first-order valence-corrected chi connectivity index (χ1v) is 5.64. The number of benzene rings is 1. The van der Waals surface area contributed by atoms with Crippen LogP contribution in [0.3, 0.4) is 0 Å². The summed E-state index contributed by atoms with van der Waals surface area (Å²) >= 11 is 0. The second-order valence-corrected chi connectivity index (χ2v) is 4.69. The lowest BCUT2D eigenvalue weighted by Crippen LogP contribution is -2.28. The summed E-state index contributed by atoms with van der Waals surface area (Å²) in [4.78, 5) is 15.5. The van der Waals surface area contributed by atoms with Gasteiger partial charge in [-0.2, -0.15) is 0 Å². The molecule has 0 bridgehead atoms. The number of fused-ring (bicyclic) bond motifs is 1. The van der Waals surface area contributed by atoms with Crippen LogP contribution in [0.15, 0.2) is 30.3 Å². The molecule has 0 atom stereocenters. The number of carbonyl (C=O) groups is 1. The van der Waals surface area contributed by atoms with Crippen molar-refractivity contribution in [2.75, 3.05) is 7.11 Å². The second kappa shape index (κ2) is 4.29. The zero-order chi connectivity index (χ0) is 13.3. The van der Waals surface area contributed by atoms with Crippen LogP contribution in [-0.2, 0) is 10.2 Å². The predicted octanol–water partition coefficient (Wildman–Crippen LogP) is 2.61. The maximum absolute atomic E-state index is 11.2. The van der Waals surface area contributed by atoms with E-state index in [0.29, 0.717) is 5.88 Å². The Morgan fingerprint density at radius 1 is 1.28 bits per heavy atom. The molecule has 18 heavy (non-hydrogen) atoms. The Balaban J connectivity index is 2.55. The van der Waals surface area contributed by atoms with Crippen molar-refractivity contribution in [3.8, 4) is 5.88 Å². The van der Waals surface area contributed by atoms with Crippen molar-refractivity contribution in [3.05, 3.63) is 35.9 Å². The summed E-state index contributed by atoms with van der Waals surface area (Å²) in [5.41, 5.74) is 0.641. The number of nitrogens with zero attached hydrogens (tertiary/aromatic N) is 1. The molecule has 0 fully saturated rings. The Labute approximate surface area is 105 Å². The molecule has 0 aliphatic heterocycles. The molecule has 1 aromatic heterocycles. The van der Waals surface area contributed by atoms with E-state index < -0.39 is 11.4 Å². The number of methoxy groups -OCH3 is 1. The molecule has 1 N–H and O–H groups in total. The fourth-order valence-corrected chi connectivity index (χ4v) is 1.73. The van der Waals surface area contributed by atoms with E-state index in [9.17, 15) is 9.90 Å². The van der Waals surface area contributed by atoms with Gasteiger partial charge in [-0.25, -0.2) is 4.98 Å². The molecular weight excluding hydrogens is 230 g/mol. The Morgan fingerprint density at radius 2 is 2.00 bits per heavy atom. The molecule has 4 heteroatoms. The minimum atomic E-state index is -0.909. The number of hydrogen-bond acceptors (Lipinski definition) is 3. The Morgan fingerprint density at radius 3 is 2.61 bits per heavy atom. The minimum absolute atomic E-state index is 0.549. The van der Waals surface area contributed by atoms with Crippen molar-refractivity contribution in [1.29, 1.82) is 0 Å². The summed E-state index contributed by atoms with van der Waals surface area (Å²) in [6.45, 7) is 3.38. The minimum Gasteiger partial charge on any atom is -0.481 e. The Hall–Kier alpha value is -2.10. The van der Waals surface area contributed by atoms with Gasteiger partial charge < -0.3 is 9.84 Å². The summed E-state index contributed by atoms with van der Waals surface area (Å²) in [5, 5.41) is 10.1. The average molecular weight is 245 g/mol. The predicted molar refractivity (Wildman–Crippen MR) is 69.0 cm³/mol. The van der Waals surface area contributed by atoms with Crippen LogP contribution in [0.5, 0.6) is 5.88 Å². The number of aliphatic carboxylic acids is 1. The molecule has 0 amide bonds. The van der Waals surface area contributed by atoms with Gasteiger partial charge in [0.15, 0.2) is 0 Å². The summed E-state index contributed by atoms with van der Waals surface area (Å²) in [5.74, 6) is -0.295. The summed E-state index contributed by atoms with van der Waals surface area (Å²) in [6, 6.07) is 9.11. The number of hydrogen-bond donors (Lipinski definition) is 1. The molecule has 0 saturated heterocycles. The highest BCUT2D eigenvalue weighted by Gasteiger charge is 2.29. The van der Waals surface area contributed by atoms with Gasteiger partial charge in [0, 0.05) is 11.5 Å². The van der Waals surface area contributed by atoms with Gasteiger partial charge >= 0.3 is 5.97 Å². The topological polar surface area (TPSA) is 59.4 Å². The van der Waals surface area contributed by atoms with Crippen molar-refractivity contribution in [2.24, 2.45) is 0 Å². The monoisotopic (exact) mass is 245 g/mol. The third-order valence-corrected chi connectivity index (χ3v) is 3.13. The summed E-state index contributed by atoms with van der Waals surface area (Å²) < 4.78 is 5.05. The number of aromatic nitrogens is 1. The first kappa shape index (κ1) is 12.4. The van der Waals surface area contributed by atoms with Gasteiger partial charge in [0.25, 0.3) is 0 Å². The van der Waals surface area contributed by atoms with Crippen LogP contribution in [0.1, 0.15) is 19.4 Å². The zero-order valence-electron chi connectivity index (χ0n) is 10.6. The van der Waals surface area contributed by atoms with E-state index in [0.717, 1.165) is 16.5 Å². The van der Waals surface area contributed by atoms with Crippen molar-refractivity contribution in [3.63, 3.8) is 0 Å². The number of pyridine rings is 1. The molecule has 4 nitrogen and oxygen atoms in total. The molecule has 0 aliphatic rings. The molecule has 1 heterocycles. The molecule has 0 saturated carbocycles. The van der Waals surface area contributed by atoms with Crippen LogP contribution in [0.4, 0.5) is 0 Å². The molecule has 0 spiro atoms. The standard InChI is InChI=1S/C14H15NO3/c1-14(2,13(16)17)10-5-6-11-9(8-10)4-7-12(15-11)18-3/h4-8H,1-3H3,(H,16,17). The lowest BCUT2D eigenvalue weighted by Gasteiger charge is -2.20. The first-order valence-electron chi connectivity index (χ1n) is 5.64. The van der Waals surface area contributed by atoms with Crippen LogP contribution in [-0.4, -0.2) is 23.2 Å². The molecule has 2 aromatic rings. The fourth-order valence-electron chi connectivity index (χ4n) is 1.73. The van der Waals surface area contributed by atoms with Crippen molar-refractivity contribution in [2.45, 2.75) is 19.3 Å². The lowest BCUT2D eigenvalue weighted by atomic mass is 9.84. The lowest BCUT2D eigenvalue weighted by molar-refractivity contribution is -0.142. The third-order valence-electron chi connectivity index (χ3n) is 3.13. The fraction of sp³-hybridized carbons (Fsp3) is 0.286. The van der Waals surface area contributed by atoms with E-state index in [2.05, 4.69) is 4.98 Å². The molecule has 2 rings (SSSR count). The van der Waals surface area contributed by atoms with Gasteiger partial charge in [-0.15, -0.1) is 0 Å². The molecule has 0 radical (unpaired) electrons. The van der Waals surface area contributed by atoms with E-state index in [1.54, 1.807) is 33.1 Å². The van der Waals surface area contributed by atoms with E-state index >= 15 is 0 Å². The smallest absolute Gasteiger partial charge is 0.313 e. The van der Waals surface area contributed by atoms with Gasteiger partial charge in [-0.3, -0.25) is 4.79 Å². The average Bonchev–Trinajstić information content (AvgIpc) is 2.37. The van der Waals surface area contributed by atoms with Gasteiger partial charge in [0.05, 0.1) is 18.0 Å². The largest absolute Gasteiger partial charge is 0.481 e. The maximum atomic E-state index is 11.2. The summed E-state index contributed by atoms with van der Waals surface area (Å²) in [7, 11) is 1.57. The molecule has 94 valence electrons. The van der Waals surface area contributed by atoms with Gasteiger partial charge in [-0.05, 0) is 37.6 Å². The molecular formula is C14H15NO3. The Kier molecular flexibility index (Phi) is 2.95. The normalized spacial score (nSPS) is 11.5.